The fraction of sp³-hybridized carbons (Fsp3) is 0.333. The molecule has 0 heterocycles. The lowest BCUT2D eigenvalue weighted by atomic mass is 10.1. The summed E-state index contributed by atoms with van der Waals surface area (Å²) < 4.78 is 0. The van der Waals surface area contributed by atoms with Crippen molar-refractivity contribution in [2.45, 2.75) is 32.2 Å². The van der Waals surface area contributed by atoms with E-state index in [9.17, 15) is 9.59 Å². The van der Waals surface area contributed by atoms with Crippen LogP contribution in [0.25, 0.3) is 0 Å². The molecule has 2 aromatic carbocycles. The monoisotopic (exact) mass is 506 g/mol. The molecule has 0 aliphatic heterocycles. The molecule has 0 saturated carbocycles. The molecule has 0 fully saturated rings. The summed E-state index contributed by atoms with van der Waals surface area (Å²) in [5, 5.41) is 4.69. The highest BCUT2D eigenvalue weighted by molar-refractivity contribution is 7.99. The van der Waals surface area contributed by atoms with Gasteiger partial charge in [-0.15, -0.1) is 11.8 Å². The number of likely N-dealkylation sites (N-methyl/N-ethyl adjacent to an activating group) is 1. The lowest BCUT2D eigenvalue weighted by Crippen LogP contribution is -2.48. The summed E-state index contributed by atoms with van der Waals surface area (Å²) in [6, 6.07) is 9.83. The maximum Gasteiger partial charge on any atom is 0.242 e. The van der Waals surface area contributed by atoms with Crippen molar-refractivity contribution < 1.29 is 9.59 Å². The smallest absolute Gasteiger partial charge is 0.242 e. The standard InChI is InChI=1S/C21H22Cl4N2O2S/c1-3-26-21(29)13(2)27(10-15-5-6-16(22)9-18(15)24)20(28)12-30-11-14-4-7-17(23)19(25)8-14/h4-9,13H,3,10-12H2,1-2H3,(H,26,29)/t13-/m0/s1. The molecule has 9 heteroatoms. The van der Waals surface area contributed by atoms with Crippen LogP contribution >= 0.6 is 58.2 Å². The van der Waals surface area contributed by atoms with Gasteiger partial charge in [-0.05, 0) is 49.2 Å². The first kappa shape index (κ1) is 25.2. The lowest BCUT2D eigenvalue weighted by Gasteiger charge is -2.29. The number of nitrogens with one attached hydrogen (secondary N) is 1. The van der Waals surface area contributed by atoms with Gasteiger partial charge in [-0.3, -0.25) is 9.59 Å². The number of nitrogens with zero attached hydrogens (tertiary/aromatic N) is 1. The Labute approximate surface area is 201 Å². The van der Waals surface area contributed by atoms with E-state index >= 15 is 0 Å². The first-order chi connectivity index (χ1) is 14.2. The number of carbonyl (C=O) groups excluding carboxylic acids is 2. The Bertz CT molecular complexity index is 911. The maximum absolute atomic E-state index is 13.0. The summed E-state index contributed by atoms with van der Waals surface area (Å²) >= 11 is 25.7. The summed E-state index contributed by atoms with van der Waals surface area (Å²) in [5.41, 5.74) is 1.69. The van der Waals surface area contributed by atoms with Crippen molar-refractivity contribution in [3.63, 3.8) is 0 Å². The van der Waals surface area contributed by atoms with Crippen LogP contribution in [-0.2, 0) is 21.9 Å². The Balaban J connectivity index is 2.10. The number of amides is 2. The van der Waals surface area contributed by atoms with Gasteiger partial charge in [0.2, 0.25) is 11.8 Å². The zero-order valence-electron chi connectivity index (χ0n) is 16.6. The van der Waals surface area contributed by atoms with E-state index in [-0.39, 0.29) is 24.1 Å². The topological polar surface area (TPSA) is 49.4 Å². The zero-order chi connectivity index (χ0) is 22.3. The summed E-state index contributed by atoms with van der Waals surface area (Å²) in [6.07, 6.45) is 0. The highest BCUT2D eigenvalue weighted by atomic mass is 35.5. The number of hydrogen-bond acceptors (Lipinski definition) is 3. The maximum atomic E-state index is 13.0. The number of hydrogen-bond donors (Lipinski definition) is 1. The molecule has 30 heavy (non-hydrogen) atoms. The molecule has 0 radical (unpaired) electrons. The molecule has 0 spiro atoms. The minimum Gasteiger partial charge on any atom is -0.355 e. The first-order valence-corrected chi connectivity index (χ1v) is 11.9. The van der Waals surface area contributed by atoms with Gasteiger partial charge in [0, 0.05) is 28.9 Å². The third-order valence-electron chi connectivity index (χ3n) is 4.35. The van der Waals surface area contributed by atoms with Gasteiger partial charge in [-0.2, -0.15) is 0 Å². The van der Waals surface area contributed by atoms with Gasteiger partial charge in [0.1, 0.15) is 6.04 Å². The summed E-state index contributed by atoms with van der Waals surface area (Å²) in [5.74, 6) is 0.415. The van der Waals surface area contributed by atoms with E-state index < -0.39 is 6.04 Å². The summed E-state index contributed by atoms with van der Waals surface area (Å²) in [7, 11) is 0. The molecule has 0 unspecified atom stereocenters. The molecule has 0 aromatic heterocycles. The first-order valence-electron chi connectivity index (χ1n) is 9.25. The molecule has 0 aliphatic carbocycles. The molecule has 1 N–H and O–H groups in total. The van der Waals surface area contributed by atoms with Crippen LogP contribution in [0.5, 0.6) is 0 Å². The lowest BCUT2D eigenvalue weighted by molar-refractivity contribution is -0.138. The molecular weight excluding hydrogens is 486 g/mol. The number of halogens is 4. The van der Waals surface area contributed by atoms with Crippen molar-refractivity contribution in [1.29, 1.82) is 0 Å². The van der Waals surface area contributed by atoms with Gasteiger partial charge in [0.05, 0.1) is 15.8 Å². The predicted octanol–water partition coefficient (Wildman–Crippen LogP) is 6.09. The highest BCUT2D eigenvalue weighted by Gasteiger charge is 2.26. The van der Waals surface area contributed by atoms with Crippen LogP contribution in [0.1, 0.15) is 25.0 Å². The number of benzene rings is 2. The van der Waals surface area contributed by atoms with Crippen molar-refractivity contribution in [1.82, 2.24) is 10.2 Å². The highest BCUT2D eigenvalue weighted by Crippen LogP contribution is 2.26. The van der Waals surface area contributed by atoms with Crippen LogP contribution in [0, 0.1) is 0 Å². The van der Waals surface area contributed by atoms with Crippen molar-refractivity contribution in [3.05, 3.63) is 67.6 Å². The van der Waals surface area contributed by atoms with Gasteiger partial charge in [-0.1, -0.05) is 58.5 Å². The van der Waals surface area contributed by atoms with E-state index in [4.69, 9.17) is 46.4 Å². The number of thioether (sulfide) groups is 1. The molecule has 0 aliphatic rings. The molecular formula is C21H22Cl4N2O2S. The zero-order valence-corrected chi connectivity index (χ0v) is 20.4. The van der Waals surface area contributed by atoms with Crippen LogP contribution in [0.4, 0.5) is 0 Å². The average Bonchev–Trinajstić information content (AvgIpc) is 2.69. The Morgan fingerprint density at radius 3 is 2.40 bits per heavy atom. The molecule has 0 saturated heterocycles. The molecule has 4 nitrogen and oxygen atoms in total. The second-order valence-corrected chi connectivity index (χ2v) is 9.21. The van der Waals surface area contributed by atoms with Crippen LogP contribution in [-0.4, -0.2) is 35.1 Å². The van der Waals surface area contributed by atoms with E-state index in [1.807, 2.05) is 13.0 Å². The minimum atomic E-state index is -0.644. The minimum absolute atomic E-state index is 0.162. The third kappa shape index (κ3) is 7.24. The Kier molecular flexibility index (Phi) is 10.1. The second kappa shape index (κ2) is 12.1. The van der Waals surface area contributed by atoms with Gasteiger partial charge < -0.3 is 10.2 Å². The van der Waals surface area contributed by atoms with E-state index in [2.05, 4.69) is 5.32 Å². The quantitative estimate of drug-likeness (QED) is 0.447. The second-order valence-electron chi connectivity index (χ2n) is 6.57. The molecule has 2 aromatic rings. The normalized spacial score (nSPS) is 11.8. The molecule has 2 amide bonds. The van der Waals surface area contributed by atoms with Gasteiger partial charge >= 0.3 is 0 Å². The number of carbonyl (C=O) groups is 2. The van der Waals surface area contributed by atoms with Crippen LogP contribution in [0.3, 0.4) is 0 Å². The average molecular weight is 508 g/mol. The van der Waals surface area contributed by atoms with Crippen molar-refractivity contribution in [3.8, 4) is 0 Å². The van der Waals surface area contributed by atoms with Crippen LogP contribution < -0.4 is 5.32 Å². The van der Waals surface area contributed by atoms with Crippen molar-refractivity contribution in [2.75, 3.05) is 12.3 Å². The van der Waals surface area contributed by atoms with E-state index in [1.54, 1.807) is 37.3 Å². The Hall–Kier alpha value is -1.11. The molecule has 162 valence electrons. The van der Waals surface area contributed by atoms with E-state index in [1.165, 1.54) is 16.7 Å². The molecule has 2 rings (SSSR count). The predicted molar refractivity (Wildman–Crippen MR) is 128 cm³/mol. The van der Waals surface area contributed by atoms with Crippen molar-refractivity contribution >= 4 is 70.0 Å². The number of rotatable bonds is 9. The molecule has 0 bridgehead atoms. The Morgan fingerprint density at radius 1 is 1.03 bits per heavy atom. The largest absolute Gasteiger partial charge is 0.355 e. The van der Waals surface area contributed by atoms with Crippen molar-refractivity contribution in [2.24, 2.45) is 0 Å². The van der Waals surface area contributed by atoms with E-state index in [0.29, 0.717) is 32.4 Å². The fourth-order valence-electron chi connectivity index (χ4n) is 2.71. The van der Waals surface area contributed by atoms with Gasteiger partial charge in [-0.25, -0.2) is 0 Å². The summed E-state index contributed by atoms with van der Waals surface area (Å²) in [6.45, 7) is 4.23. The molecule has 1 atom stereocenters. The fourth-order valence-corrected chi connectivity index (χ4v) is 4.35. The van der Waals surface area contributed by atoms with Gasteiger partial charge in [0.15, 0.2) is 0 Å². The van der Waals surface area contributed by atoms with Crippen LogP contribution in [0.2, 0.25) is 20.1 Å². The van der Waals surface area contributed by atoms with E-state index in [0.717, 1.165) is 11.1 Å². The van der Waals surface area contributed by atoms with Crippen LogP contribution in [0.15, 0.2) is 36.4 Å². The third-order valence-corrected chi connectivity index (χ3v) is 6.67. The SMILES string of the molecule is CCNC(=O)[C@H](C)N(Cc1ccc(Cl)cc1Cl)C(=O)CSCc1ccc(Cl)c(Cl)c1. The summed E-state index contributed by atoms with van der Waals surface area (Å²) in [4.78, 5) is 26.9. The Morgan fingerprint density at radius 2 is 1.77 bits per heavy atom. The van der Waals surface area contributed by atoms with Gasteiger partial charge in [0.25, 0.3) is 0 Å².